The average molecular weight is 478 g/mol. The molecule has 6 nitrogen and oxygen atoms in total. The fraction of sp³-hybridized carbons (Fsp3) is 0.136. The monoisotopic (exact) mass is 476 g/mol. The zero-order chi connectivity index (χ0) is 22.4. The van der Waals surface area contributed by atoms with E-state index < -0.39 is 17.9 Å². The predicted molar refractivity (Wildman–Crippen MR) is 117 cm³/mol. The Kier molecular flexibility index (Phi) is 7.59. The van der Waals surface area contributed by atoms with Gasteiger partial charge in [0.1, 0.15) is 17.8 Å². The maximum absolute atomic E-state index is 12.3. The molecule has 3 rings (SSSR count). The maximum Gasteiger partial charge on any atom is 0.326 e. The first kappa shape index (κ1) is 22.7. The predicted octanol–water partition coefficient (Wildman–Crippen LogP) is 4.65. The van der Waals surface area contributed by atoms with Crippen molar-refractivity contribution in [2.24, 2.45) is 0 Å². The molecule has 0 aliphatic carbocycles. The molecular formula is C22H15Cl3N2O4. The van der Waals surface area contributed by atoms with Gasteiger partial charge in [0.05, 0.1) is 5.56 Å². The highest BCUT2D eigenvalue weighted by Crippen LogP contribution is 2.25. The van der Waals surface area contributed by atoms with Crippen LogP contribution in [0.25, 0.3) is 0 Å². The number of nitrogens with one attached hydrogen (secondary N) is 1. The Morgan fingerprint density at radius 3 is 2.42 bits per heavy atom. The number of hydrogen-bond donors (Lipinski definition) is 2. The summed E-state index contributed by atoms with van der Waals surface area (Å²) in [7, 11) is 0. The number of halogens is 3. The van der Waals surface area contributed by atoms with Gasteiger partial charge in [-0.1, -0.05) is 46.9 Å². The molecule has 0 bridgehead atoms. The van der Waals surface area contributed by atoms with Gasteiger partial charge in [0.15, 0.2) is 5.75 Å². The van der Waals surface area contributed by atoms with Crippen molar-refractivity contribution >= 4 is 46.7 Å². The first-order valence-electron chi connectivity index (χ1n) is 8.98. The summed E-state index contributed by atoms with van der Waals surface area (Å²) in [5.41, 5.74) is 1.26. The second-order valence-corrected chi connectivity index (χ2v) is 7.54. The number of aromatic nitrogens is 1. The lowest BCUT2D eigenvalue weighted by atomic mass is 10.1. The third kappa shape index (κ3) is 6.02. The maximum atomic E-state index is 12.3. The molecule has 1 amide bonds. The molecule has 0 aliphatic rings. The van der Waals surface area contributed by atoms with Crippen LogP contribution < -0.4 is 10.1 Å². The Balaban J connectivity index is 1.63. The van der Waals surface area contributed by atoms with Crippen molar-refractivity contribution in [2.75, 3.05) is 0 Å². The van der Waals surface area contributed by atoms with Gasteiger partial charge in [0.2, 0.25) is 0 Å². The molecule has 3 aromatic rings. The van der Waals surface area contributed by atoms with E-state index in [2.05, 4.69) is 22.4 Å². The van der Waals surface area contributed by atoms with Gasteiger partial charge in [-0.15, -0.1) is 0 Å². The smallest absolute Gasteiger partial charge is 0.326 e. The number of pyridine rings is 1. The van der Waals surface area contributed by atoms with Crippen LogP contribution in [0.4, 0.5) is 0 Å². The molecule has 0 spiro atoms. The van der Waals surface area contributed by atoms with Gasteiger partial charge >= 0.3 is 5.97 Å². The fourth-order valence-electron chi connectivity index (χ4n) is 2.64. The molecular weight excluding hydrogens is 463 g/mol. The molecule has 1 aromatic heterocycles. The number of benzene rings is 1. The Labute approximate surface area is 193 Å². The fourth-order valence-corrected chi connectivity index (χ4v) is 3.35. The number of carbonyl (C=O) groups is 2. The van der Waals surface area contributed by atoms with E-state index >= 15 is 0 Å². The van der Waals surface area contributed by atoms with Crippen LogP contribution in [-0.2, 0) is 17.8 Å². The summed E-state index contributed by atoms with van der Waals surface area (Å²) in [5, 5.41) is 12.9. The highest BCUT2D eigenvalue weighted by Gasteiger charge is 2.22. The van der Waals surface area contributed by atoms with Crippen molar-refractivity contribution in [3.05, 3.63) is 92.7 Å². The first-order chi connectivity index (χ1) is 14.8. The molecule has 1 unspecified atom stereocenters. The minimum atomic E-state index is -1.20. The standard InChI is InChI=1S/C22H15Cl3N2O4/c23-17-4-1-5-18(24)16(17)12-31-14-8-6-13(7-9-14)11-19(22(29)30)27-21(28)15-3-2-10-26-20(15)25/h1-6,8,10,19H,11-12H2,(H,27,28)(H,29,30). The van der Waals surface area contributed by atoms with Crippen LogP contribution in [0.2, 0.25) is 15.2 Å². The number of carboxylic acids is 1. The third-order valence-corrected chi connectivity index (χ3v) is 5.26. The minimum absolute atomic E-state index is 0.00786. The first-order valence-corrected chi connectivity index (χ1v) is 10.1. The van der Waals surface area contributed by atoms with Crippen molar-refractivity contribution < 1.29 is 19.4 Å². The summed E-state index contributed by atoms with van der Waals surface area (Å²) >= 11 is 18.1. The molecule has 0 radical (unpaired) electrons. The summed E-state index contributed by atoms with van der Waals surface area (Å²) in [4.78, 5) is 27.8. The van der Waals surface area contributed by atoms with E-state index in [1.165, 1.54) is 18.3 Å². The van der Waals surface area contributed by atoms with E-state index in [0.29, 0.717) is 26.9 Å². The Hall–Kier alpha value is -2.98. The van der Waals surface area contributed by atoms with E-state index in [9.17, 15) is 14.7 Å². The molecule has 2 N–H and O–H groups in total. The number of ether oxygens (including phenoxy) is 1. The lowest BCUT2D eigenvalue weighted by molar-refractivity contribution is -0.139. The highest BCUT2D eigenvalue weighted by atomic mass is 35.5. The number of hydrogen-bond acceptors (Lipinski definition) is 4. The number of carbonyl (C=O) groups excluding carboxylic acids is 1. The Bertz CT molecular complexity index is 1070. The average Bonchev–Trinajstić information content (AvgIpc) is 2.74. The van der Waals surface area contributed by atoms with Crippen LogP contribution in [0.5, 0.6) is 5.75 Å². The van der Waals surface area contributed by atoms with Gasteiger partial charge in [-0.25, -0.2) is 9.78 Å². The van der Waals surface area contributed by atoms with Crippen LogP contribution in [0, 0.1) is 12.1 Å². The van der Waals surface area contributed by atoms with E-state index in [0.717, 1.165) is 0 Å². The number of aliphatic carboxylic acids is 1. The van der Waals surface area contributed by atoms with Gasteiger partial charge in [-0.3, -0.25) is 4.79 Å². The molecule has 0 saturated heterocycles. The van der Waals surface area contributed by atoms with E-state index in [1.807, 2.05) is 0 Å². The summed E-state index contributed by atoms with van der Waals surface area (Å²) in [5.74, 6) is -1.45. The van der Waals surface area contributed by atoms with E-state index in [1.54, 1.807) is 30.3 Å². The van der Waals surface area contributed by atoms with Crippen molar-refractivity contribution in [1.82, 2.24) is 10.3 Å². The number of nitrogens with zero attached hydrogens (tertiary/aromatic N) is 1. The largest absolute Gasteiger partial charge is 0.481 e. The summed E-state index contributed by atoms with van der Waals surface area (Å²) in [6, 6.07) is 15.9. The lowest BCUT2D eigenvalue weighted by Crippen LogP contribution is -2.42. The Morgan fingerprint density at radius 1 is 1.06 bits per heavy atom. The van der Waals surface area contributed by atoms with Crippen molar-refractivity contribution in [2.45, 2.75) is 19.1 Å². The zero-order valence-corrected chi connectivity index (χ0v) is 18.1. The highest BCUT2D eigenvalue weighted by molar-refractivity contribution is 6.36. The molecule has 9 heteroatoms. The SMILES string of the molecule is O=C(NC(Cc1c#cc(OCc2c(Cl)cccc2Cl)cc1)C(=O)O)c1cccnc1Cl. The molecule has 0 saturated carbocycles. The number of carboxylic acid groups (broad SMARTS) is 1. The topological polar surface area (TPSA) is 88.5 Å². The van der Waals surface area contributed by atoms with Crippen LogP contribution in [0.1, 0.15) is 21.5 Å². The van der Waals surface area contributed by atoms with Crippen LogP contribution in [0.3, 0.4) is 0 Å². The molecule has 0 fully saturated rings. The van der Waals surface area contributed by atoms with Gasteiger partial charge in [-0.2, -0.15) is 0 Å². The number of amides is 1. The van der Waals surface area contributed by atoms with Crippen molar-refractivity contribution in [3.63, 3.8) is 0 Å². The quantitative estimate of drug-likeness (QED) is 0.461. The molecule has 1 atom stereocenters. The lowest BCUT2D eigenvalue weighted by Gasteiger charge is -2.14. The summed E-state index contributed by atoms with van der Waals surface area (Å²) in [6.45, 7) is 0.141. The van der Waals surface area contributed by atoms with E-state index in [-0.39, 0.29) is 23.7 Å². The van der Waals surface area contributed by atoms with Gasteiger partial charge in [0.25, 0.3) is 5.91 Å². The van der Waals surface area contributed by atoms with Gasteiger partial charge in [0, 0.05) is 33.8 Å². The van der Waals surface area contributed by atoms with Gasteiger partial charge < -0.3 is 15.2 Å². The van der Waals surface area contributed by atoms with Crippen molar-refractivity contribution in [1.29, 1.82) is 0 Å². The van der Waals surface area contributed by atoms with Crippen LogP contribution in [0.15, 0.2) is 48.7 Å². The Morgan fingerprint density at radius 2 is 1.81 bits per heavy atom. The normalized spacial score (nSPS) is 11.3. The van der Waals surface area contributed by atoms with Crippen molar-refractivity contribution in [3.8, 4) is 5.75 Å². The summed E-state index contributed by atoms with van der Waals surface area (Å²) in [6.07, 6.45) is 1.42. The molecule has 1 heterocycles. The molecule has 2 aromatic carbocycles. The minimum Gasteiger partial charge on any atom is -0.481 e. The van der Waals surface area contributed by atoms with E-state index in [4.69, 9.17) is 39.5 Å². The molecule has 158 valence electrons. The number of rotatable bonds is 8. The zero-order valence-electron chi connectivity index (χ0n) is 15.9. The third-order valence-electron chi connectivity index (χ3n) is 4.25. The van der Waals surface area contributed by atoms with Crippen LogP contribution >= 0.6 is 34.8 Å². The second-order valence-electron chi connectivity index (χ2n) is 6.37. The molecule has 0 aliphatic heterocycles. The second kappa shape index (κ2) is 10.4. The van der Waals surface area contributed by atoms with Gasteiger partial charge in [-0.05, 0) is 42.5 Å². The summed E-state index contributed by atoms with van der Waals surface area (Å²) < 4.78 is 5.63. The van der Waals surface area contributed by atoms with Crippen LogP contribution in [-0.4, -0.2) is 28.0 Å². The molecule has 31 heavy (non-hydrogen) atoms.